The fourth-order valence-electron chi connectivity index (χ4n) is 4.41. The lowest BCUT2D eigenvalue weighted by atomic mass is 9.96. The van der Waals surface area contributed by atoms with Crippen molar-refractivity contribution in [2.45, 2.75) is 30.5 Å². The van der Waals surface area contributed by atoms with Gasteiger partial charge in [-0.1, -0.05) is 11.8 Å². The van der Waals surface area contributed by atoms with E-state index in [0.29, 0.717) is 53.6 Å². The molecule has 3 aromatic rings. The molecule has 4 heterocycles. The van der Waals surface area contributed by atoms with E-state index in [1.165, 1.54) is 41.9 Å². The highest BCUT2D eigenvalue weighted by atomic mass is 32.2. The molecule has 11 heteroatoms. The van der Waals surface area contributed by atoms with E-state index in [9.17, 15) is 18.8 Å². The van der Waals surface area contributed by atoms with Crippen LogP contribution in [0.3, 0.4) is 0 Å². The second-order valence-electron chi connectivity index (χ2n) is 8.19. The summed E-state index contributed by atoms with van der Waals surface area (Å²) in [4.78, 5) is 44.3. The minimum atomic E-state index is -0.360. The van der Waals surface area contributed by atoms with E-state index in [0.717, 1.165) is 0 Å². The number of aromatic nitrogens is 4. The molecule has 1 amide bonds. The van der Waals surface area contributed by atoms with Gasteiger partial charge in [-0.2, -0.15) is 5.10 Å². The maximum Gasteiger partial charge on any atom is 0.308 e. The Morgan fingerprint density at radius 2 is 1.94 bits per heavy atom. The number of benzene rings is 1. The molecular weight excluding hydrogens is 449 g/mol. The molecule has 2 aliphatic rings. The highest BCUT2D eigenvalue weighted by molar-refractivity contribution is 7.99. The van der Waals surface area contributed by atoms with E-state index in [2.05, 4.69) is 10.1 Å². The lowest BCUT2D eigenvalue weighted by Gasteiger charge is -2.31. The summed E-state index contributed by atoms with van der Waals surface area (Å²) in [5, 5.41) is 5.17. The van der Waals surface area contributed by atoms with Gasteiger partial charge in [-0.25, -0.2) is 14.1 Å². The van der Waals surface area contributed by atoms with Crippen molar-refractivity contribution in [3.05, 3.63) is 46.6 Å². The Morgan fingerprint density at radius 3 is 2.64 bits per heavy atom. The van der Waals surface area contributed by atoms with E-state index in [1.807, 2.05) is 0 Å². The van der Waals surface area contributed by atoms with Gasteiger partial charge in [-0.05, 0) is 37.1 Å². The number of ether oxygens (including phenoxy) is 1. The first kappa shape index (κ1) is 21.6. The summed E-state index contributed by atoms with van der Waals surface area (Å²) in [6.07, 6.45) is 2.82. The minimum absolute atomic E-state index is 0.0363. The van der Waals surface area contributed by atoms with Crippen LogP contribution in [-0.2, 0) is 14.3 Å². The minimum Gasteiger partial charge on any atom is -0.469 e. The first-order chi connectivity index (χ1) is 16.0. The molecule has 0 N–H and O–H groups in total. The number of carbonyl (C=O) groups excluding carboxylic acids is 2. The van der Waals surface area contributed by atoms with Crippen molar-refractivity contribution in [3.8, 4) is 5.69 Å². The normalized spacial score (nSPS) is 18.5. The van der Waals surface area contributed by atoms with Gasteiger partial charge in [0, 0.05) is 25.3 Å². The van der Waals surface area contributed by atoms with Crippen LogP contribution in [0.15, 0.2) is 40.4 Å². The standard InChI is InChI=1S/C22H22FN5O4S/c1-32-21(31)13-6-8-26(9-7-13)18(29)10-16-12-33-22-25-19-17(20(30)27(16)22)11-24-28(19)15-4-2-14(23)3-5-15/h2-5,11,13,16H,6-10,12H2,1H3. The number of hydrogen-bond acceptors (Lipinski definition) is 7. The number of esters is 1. The molecule has 0 spiro atoms. The fraction of sp³-hybridized carbons (Fsp3) is 0.409. The smallest absolute Gasteiger partial charge is 0.308 e. The van der Waals surface area contributed by atoms with Gasteiger partial charge >= 0.3 is 5.97 Å². The second kappa shape index (κ2) is 8.62. The summed E-state index contributed by atoms with van der Waals surface area (Å²) in [6.45, 7) is 1.00. The molecule has 0 bridgehead atoms. The van der Waals surface area contributed by atoms with Crippen LogP contribution < -0.4 is 5.56 Å². The van der Waals surface area contributed by atoms with Crippen LogP contribution in [0, 0.1) is 11.7 Å². The molecule has 33 heavy (non-hydrogen) atoms. The molecule has 1 aromatic carbocycles. The number of thioether (sulfide) groups is 1. The Hall–Kier alpha value is -3.21. The predicted molar refractivity (Wildman–Crippen MR) is 119 cm³/mol. The average Bonchev–Trinajstić information content (AvgIpc) is 3.44. The zero-order valence-corrected chi connectivity index (χ0v) is 18.8. The van der Waals surface area contributed by atoms with Crippen LogP contribution in [0.2, 0.25) is 0 Å². The van der Waals surface area contributed by atoms with Crippen LogP contribution >= 0.6 is 11.8 Å². The number of amides is 1. The van der Waals surface area contributed by atoms with Crippen molar-refractivity contribution >= 4 is 34.7 Å². The maximum absolute atomic E-state index is 13.3. The molecule has 1 atom stereocenters. The summed E-state index contributed by atoms with van der Waals surface area (Å²) in [6, 6.07) is 5.51. The van der Waals surface area contributed by atoms with Gasteiger partial charge in [0.05, 0.1) is 31.0 Å². The summed E-state index contributed by atoms with van der Waals surface area (Å²) in [7, 11) is 1.38. The molecule has 172 valence electrons. The van der Waals surface area contributed by atoms with E-state index < -0.39 is 0 Å². The van der Waals surface area contributed by atoms with E-state index in [-0.39, 0.29) is 41.6 Å². The van der Waals surface area contributed by atoms with Crippen LogP contribution in [0.5, 0.6) is 0 Å². The molecule has 1 fully saturated rings. The molecular formula is C22H22FN5O4S. The Balaban J connectivity index is 1.36. The second-order valence-corrected chi connectivity index (χ2v) is 9.17. The Labute approximate surface area is 192 Å². The number of fused-ring (bicyclic) bond motifs is 2. The maximum atomic E-state index is 13.3. The van der Waals surface area contributed by atoms with Gasteiger partial charge in [0.1, 0.15) is 11.2 Å². The van der Waals surface area contributed by atoms with Crippen LogP contribution in [-0.4, -0.2) is 62.1 Å². The lowest BCUT2D eigenvalue weighted by Crippen LogP contribution is -2.41. The molecule has 1 unspecified atom stereocenters. The SMILES string of the molecule is COC(=O)C1CCN(C(=O)CC2CSc3nc4c(cnn4-c4ccc(F)cc4)c(=O)n32)CC1. The highest BCUT2D eigenvalue weighted by Gasteiger charge is 2.33. The van der Waals surface area contributed by atoms with Crippen molar-refractivity contribution in [3.63, 3.8) is 0 Å². The third-order valence-electron chi connectivity index (χ3n) is 6.23. The van der Waals surface area contributed by atoms with Gasteiger partial charge in [0.25, 0.3) is 5.56 Å². The van der Waals surface area contributed by atoms with Crippen LogP contribution in [0.4, 0.5) is 4.39 Å². The predicted octanol–water partition coefficient (Wildman–Crippen LogP) is 2.17. The number of hydrogen-bond donors (Lipinski definition) is 0. The molecule has 5 rings (SSSR count). The largest absolute Gasteiger partial charge is 0.469 e. The van der Waals surface area contributed by atoms with Crippen molar-refractivity contribution < 1.29 is 18.7 Å². The van der Waals surface area contributed by atoms with Crippen molar-refractivity contribution in [1.29, 1.82) is 0 Å². The third-order valence-corrected chi connectivity index (χ3v) is 7.33. The van der Waals surface area contributed by atoms with Gasteiger partial charge in [-0.15, -0.1) is 0 Å². The highest BCUT2D eigenvalue weighted by Crippen LogP contribution is 2.34. The van der Waals surface area contributed by atoms with Gasteiger partial charge in [0.2, 0.25) is 5.91 Å². The van der Waals surface area contributed by atoms with Crippen molar-refractivity contribution in [2.75, 3.05) is 26.0 Å². The van der Waals surface area contributed by atoms with Gasteiger partial charge in [0.15, 0.2) is 10.8 Å². The number of likely N-dealkylation sites (tertiary alicyclic amines) is 1. The van der Waals surface area contributed by atoms with E-state index >= 15 is 0 Å². The Bertz CT molecular complexity index is 1280. The number of nitrogens with zero attached hydrogens (tertiary/aromatic N) is 5. The van der Waals surface area contributed by atoms with Gasteiger partial charge in [-0.3, -0.25) is 19.0 Å². The zero-order valence-electron chi connectivity index (χ0n) is 17.9. The molecule has 2 aliphatic heterocycles. The topological polar surface area (TPSA) is 99.3 Å². The Morgan fingerprint density at radius 1 is 1.21 bits per heavy atom. The summed E-state index contributed by atoms with van der Waals surface area (Å²) in [5.41, 5.74) is 0.770. The van der Waals surface area contributed by atoms with Gasteiger partial charge < -0.3 is 9.64 Å². The first-order valence-electron chi connectivity index (χ1n) is 10.7. The number of halogens is 1. The summed E-state index contributed by atoms with van der Waals surface area (Å²) >= 11 is 1.43. The molecule has 0 radical (unpaired) electrons. The number of piperidine rings is 1. The zero-order chi connectivity index (χ0) is 23.1. The molecule has 2 aromatic heterocycles. The quantitative estimate of drug-likeness (QED) is 0.425. The molecule has 0 saturated carbocycles. The van der Waals surface area contributed by atoms with Crippen LogP contribution in [0.25, 0.3) is 16.7 Å². The number of carbonyl (C=O) groups is 2. The average molecular weight is 472 g/mol. The molecule has 0 aliphatic carbocycles. The first-order valence-corrected chi connectivity index (χ1v) is 11.7. The lowest BCUT2D eigenvalue weighted by molar-refractivity contribution is -0.149. The van der Waals surface area contributed by atoms with E-state index in [4.69, 9.17) is 4.74 Å². The van der Waals surface area contributed by atoms with Crippen molar-refractivity contribution in [2.24, 2.45) is 5.92 Å². The monoisotopic (exact) mass is 471 g/mol. The number of rotatable bonds is 4. The molecule has 9 nitrogen and oxygen atoms in total. The molecule has 1 saturated heterocycles. The van der Waals surface area contributed by atoms with Crippen LogP contribution in [0.1, 0.15) is 25.3 Å². The van der Waals surface area contributed by atoms with E-state index in [1.54, 1.807) is 21.6 Å². The van der Waals surface area contributed by atoms with Crippen molar-refractivity contribution in [1.82, 2.24) is 24.2 Å². The Kier molecular flexibility index (Phi) is 5.65. The summed E-state index contributed by atoms with van der Waals surface area (Å²) < 4.78 is 21.2. The fourth-order valence-corrected chi connectivity index (χ4v) is 5.54. The number of methoxy groups -OCH3 is 1. The summed E-state index contributed by atoms with van der Waals surface area (Å²) in [5.74, 6) is -0.221. The third kappa shape index (κ3) is 3.90.